The summed E-state index contributed by atoms with van der Waals surface area (Å²) in [5.41, 5.74) is 6.39. The van der Waals surface area contributed by atoms with Crippen molar-refractivity contribution in [3.8, 4) is 5.75 Å². The van der Waals surface area contributed by atoms with Gasteiger partial charge in [0, 0.05) is 5.39 Å². The molecule has 96 valence electrons. The van der Waals surface area contributed by atoms with Gasteiger partial charge in [-0.2, -0.15) is 0 Å². The molecular weight excluding hydrogens is 474 g/mol. The Morgan fingerprint density at radius 2 is 1.72 bits per heavy atom. The number of hydrogen-bond acceptors (Lipinski definition) is 3. The molecular formula is C9H6BBr3Cl2N2O. The zero-order chi connectivity index (χ0) is 13.9. The van der Waals surface area contributed by atoms with Gasteiger partial charge in [-0.3, -0.25) is 4.98 Å². The average molecular weight is 480 g/mol. The highest BCUT2D eigenvalue weighted by atomic mass is 79.9. The fourth-order valence-electron chi connectivity index (χ4n) is 1.22. The van der Waals surface area contributed by atoms with Crippen LogP contribution in [0, 0.1) is 0 Å². The number of hydrogen-bond donors (Lipinski definition) is 2. The van der Waals surface area contributed by atoms with Crippen molar-refractivity contribution in [2.75, 3.05) is 5.73 Å². The lowest BCUT2D eigenvalue weighted by atomic mass is 10.2. The number of aromatic nitrogens is 1. The Morgan fingerprint density at radius 3 is 2.28 bits per heavy atom. The van der Waals surface area contributed by atoms with E-state index >= 15 is 0 Å². The molecule has 0 aliphatic carbocycles. The van der Waals surface area contributed by atoms with E-state index in [9.17, 15) is 5.11 Å². The number of halogens is 5. The number of phenolic OH excluding ortho intramolecular Hbond substituents is 1. The van der Waals surface area contributed by atoms with Crippen molar-refractivity contribution in [3.63, 3.8) is 0 Å². The van der Waals surface area contributed by atoms with Crippen LogP contribution in [0.4, 0.5) is 5.69 Å². The lowest BCUT2D eigenvalue weighted by Crippen LogP contribution is -1.88. The standard InChI is InChI=1S/C9H6Cl2N2O.BBr3/c10-6-2-7(11)9(14)8-5(6)1-4(12)3-13-8;2-1(3)4/h1-3,14H,12H2;. The van der Waals surface area contributed by atoms with Gasteiger partial charge in [0.2, 0.25) is 0 Å². The summed E-state index contributed by atoms with van der Waals surface area (Å²) < 4.78 is 0.271. The van der Waals surface area contributed by atoms with Crippen molar-refractivity contribution in [1.29, 1.82) is 0 Å². The highest BCUT2D eigenvalue weighted by molar-refractivity contribution is 9.69. The van der Waals surface area contributed by atoms with Gasteiger partial charge in [-0.05, 0) is 12.1 Å². The van der Waals surface area contributed by atoms with E-state index in [4.69, 9.17) is 28.9 Å². The molecule has 3 N–H and O–H groups in total. The maximum Gasteiger partial charge on any atom is 0.369 e. The Labute approximate surface area is 139 Å². The molecule has 0 spiro atoms. The van der Waals surface area contributed by atoms with Crippen molar-refractivity contribution in [2.24, 2.45) is 0 Å². The van der Waals surface area contributed by atoms with Crippen LogP contribution < -0.4 is 5.73 Å². The van der Waals surface area contributed by atoms with Crippen LogP contribution in [0.2, 0.25) is 10.0 Å². The molecule has 3 nitrogen and oxygen atoms in total. The van der Waals surface area contributed by atoms with E-state index in [2.05, 4.69) is 52.3 Å². The number of nitrogens with zero attached hydrogens (tertiary/aromatic N) is 1. The number of phenols is 1. The number of nitrogens with two attached hydrogens (primary N) is 1. The van der Waals surface area contributed by atoms with Crippen molar-refractivity contribution < 1.29 is 5.11 Å². The van der Waals surface area contributed by atoms with E-state index in [1.165, 1.54) is 12.3 Å². The number of benzene rings is 1. The Kier molecular flexibility index (Phi) is 6.54. The zero-order valence-electron chi connectivity index (χ0n) is 8.67. The molecule has 0 amide bonds. The maximum atomic E-state index is 9.58. The Morgan fingerprint density at radius 1 is 1.17 bits per heavy atom. The molecule has 0 atom stereocenters. The van der Waals surface area contributed by atoms with Crippen LogP contribution in [-0.2, 0) is 0 Å². The number of fused-ring (bicyclic) bond motifs is 1. The minimum absolute atomic E-state index is 0.0777. The molecule has 1 aromatic heterocycles. The molecule has 0 bridgehead atoms. The number of anilines is 1. The number of nitrogen functional groups attached to an aromatic ring is 1. The number of aromatic hydroxyl groups is 1. The fourth-order valence-corrected chi connectivity index (χ4v) is 1.73. The SMILES string of the molecule is BrB(Br)Br.Nc1cnc2c(O)c(Cl)cc(Cl)c2c1. The summed E-state index contributed by atoms with van der Waals surface area (Å²) in [5.74, 6) is -0.0777. The van der Waals surface area contributed by atoms with Gasteiger partial charge >= 0.3 is 3.18 Å². The van der Waals surface area contributed by atoms with Crippen molar-refractivity contribution >= 4 is 90.2 Å². The number of pyridine rings is 1. The molecule has 2 aromatic rings. The normalized spacial score (nSPS) is 9.83. The van der Waals surface area contributed by atoms with Crippen LogP contribution in [-0.4, -0.2) is 13.3 Å². The van der Waals surface area contributed by atoms with Crippen LogP contribution in [0.15, 0.2) is 18.3 Å². The first-order valence-electron chi connectivity index (χ1n) is 4.47. The van der Waals surface area contributed by atoms with Gasteiger partial charge < -0.3 is 10.8 Å². The predicted molar refractivity (Wildman–Crippen MR) is 90.4 cm³/mol. The van der Waals surface area contributed by atoms with Gasteiger partial charge in [0.1, 0.15) is 5.52 Å². The van der Waals surface area contributed by atoms with Gasteiger partial charge in [-0.25, -0.2) is 0 Å². The molecule has 1 aromatic carbocycles. The third kappa shape index (κ3) is 4.45. The van der Waals surface area contributed by atoms with Crippen LogP contribution >= 0.6 is 70.5 Å². The third-order valence-electron chi connectivity index (χ3n) is 1.87. The Balaban J connectivity index is 0.000000357. The van der Waals surface area contributed by atoms with E-state index < -0.39 is 0 Å². The molecule has 18 heavy (non-hydrogen) atoms. The smallest absolute Gasteiger partial charge is 0.369 e. The topological polar surface area (TPSA) is 59.1 Å². The quantitative estimate of drug-likeness (QED) is 0.524. The minimum Gasteiger partial charge on any atom is -0.504 e. The molecule has 0 aliphatic rings. The summed E-state index contributed by atoms with van der Waals surface area (Å²) in [6.07, 6.45) is 1.44. The van der Waals surface area contributed by atoms with Gasteiger partial charge in [0.05, 0.1) is 21.9 Å². The molecule has 2 rings (SSSR count). The second-order valence-electron chi connectivity index (χ2n) is 3.10. The summed E-state index contributed by atoms with van der Waals surface area (Å²) >= 11 is 21.0. The van der Waals surface area contributed by atoms with E-state index in [0.717, 1.165) is 0 Å². The van der Waals surface area contributed by atoms with E-state index in [1.807, 2.05) is 0 Å². The lowest BCUT2D eigenvalue weighted by Gasteiger charge is -2.04. The molecule has 0 saturated carbocycles. The van der Waals surface area contributed by atoms with Crippen molar-refractivity contribution in [3.05, 3.63) is 28.4 Å². The van der Waals surface area contributed by atoms with Gasteiger partial charge in [-0.1, -0.05) is 23.2 Å². The monoisotopic (exact) mass is 476 g/mol. The molecule has 0 fully saturated rings. The van der Waals surface area contributed by atoms with Crippen LogP contribution in [0.5, 0.6) is 5.75 Å². The maximum absolute atomic E-state index is 9.58. The van der Waals surface area contributed by atoms with Crippen LogP contribution in [0.1, 0.15) is 0 Å². The largest absolute Gasteiger partial charge is 0.504 e. The van der Waals surface area contributed by atoms with Crippen molar-refractivity contribution in [1.82, 2.24) is 4.98 Å². The zero-order valence-corrected chi connectivity index (χ0v) is 14.9. The van der Waals surface area contributed by atoms with Crippen LogP contribution in [0.25, 0.3) is 10.9 Å². The molecule has 0 radical (unpaired) electrons. The Bertz CT molecular complexity index is 568. The van der Waals surface area contributed by atoms with Crippen molar-refractivity contribution in [2.45, 2.75) is 0 Å². The second kappa shape index (κ2) is 7.19. The summed E-state index contributed by atoms with van der Waals surface area (Å²) in [7, 11) is 0. The summed E-state index contributed by atoms with van der Waals surface area (Å²) in [5, 5.41) is 10.8. The van der Waals surface area contributed by atoms with Crippen LogP contribution in [0.3, 0.4) is 0 Å². The Hall–Kier alpha value is 0.315. The minimum atomic E-state index is -0.0777. The first-order valence-corrected chi connectivity index (χ1v) is 7.97. The number of rotatable bonds is 0. The second-order valence-corrected chi connectivity index (χ2v) is 10.3. The molecule has 0 unspecified atom stereocenters. The first-order chi connectivity index (χ1) is 8.32. The predicted octanol–water partition coefficient (Wildman–Crippen LogP) is 4.99. The average Bonchev–Trinajstić information content (AvgIpc) is 2.25. The fraction of sp³-hybridized carbons (Fsp3) is 0. The molecule has 9 heteroatoms. The molecule has 0 aliphatic heterocycles. The van der Waals surface area contributed by atoms with E-state index in [1.54, 1.807) is 6.07 Å². The summed E-state index contributed by atoms with van der Waals surface area (Å²) in [6, 6.07) is 3.10. The lowest BCUT2D eigenvalue weighted by molar-refractivity contribution is 0.480. The van der Waals surface area contributed by atoms with Gasteiger partial charge in [-0.15, -0.1) is 47.3 Å². The summed E-state index contributed by atoms with van der Waals surface area (Å²) in [6.45, 7) is 0. The van der Waals surface area contributed by atoms with Gasteiger partial charge in [0.25, 0.3) is 0 Å². The third-order valence-corrected chi connectivity index (χ3v) is 2.47. The summed E-state index contributed by atoms with van der Waals surface area (Å²) in [4.78, 5) is 3.96. The molecule has 0 saturated heterocycles. The molecule has 1 heterocycles. The van der Waals surface area contributed by atoms with Gasteiger partial charge in [0.15, 0.2) is 5.75 Å². The first kappa shape index (κ1) is 16.4. The van der Waals surface area contributed by atoms with E-state index in [0.29, 0.717) is 21.6 Å². The highest BCUT2D eigenvalue weighted by Gasteiger charge is 2.10. The highest BCUT2D eigenvalue weighted by Crippen LogP contribution is 2.36. The van der Waals surface area contributed by atoms with E-state index in [-0.39, 0.29) is 14.0 Å².